The SMILES string of the molecule is N#Cc1ccc(Cl)cc1NC1CSCc2ccccc21. The summed E-state index contributed by atoms with van der Waals surface area (Å²) in [6.07, 6.45) is 0. The molecule has 4 heteroatoms. The molecule has 1 aliphatic rings. The molecular weight excluding hydrogens is 288 g/mol. The number of anilines is 1. The van der Waals surface area contributed by atoms with Gasteiger partial charge in [0.2, 0.25) is 0 Å². The van der Waals surface area contributed by atoms with Crippen LogP contribution >= 0.6 is 23.4 Å². The quantitative estimate of drug-likeness (QED) is 0.879. The van der Waals surface area contributed by atoms with E-state index in [2.05, 4.69) is 35.7 Å². The van der Waals surface area contributed by atoms with Crippen molar-refractivity contribution < 1.29 is 0 Å². The average Bonchev–Trinajstić information content (AvgIpc) is 2.48. The van der Waals surface area contributed by atoms with E-state index >= 15 is 0 Å². The predicted octanol–water partition coefficient (Wildman–Crippen LogP) is 4.61. The molecule has 20 heavy (non-hydrogen) atoms. The summed E-state index contributed by atoms with van der Waals surface area (Å²) in [6.45, 7) is 0. The van der Waals surface area contributed by atoms with Gasteiger partial charge in [-0.25, -0.2) is 0 Å². The molecule has 1 N–H and O–H groups in total. The van der Waals surface area contributed by atoms with E-state index in [0.717, 1.165) is 17.2 Å². The van der Waals surface area contributed by atoms with Gasteiger partial charge in [-0.1, -0.05) is 35.9 Å². The number of thioether (sulfide) groups is 1. The summed E-state index contributed by atoms with van der Waals surface area (Å²) in [6, 6.07) is 16.2. The van der Waals surface area contributed by atoms with E-state index in [1.54, 1.807) is 12.1 Å². The minimum Gasteiger partial charge on any atom is -0.376 e. The summed E-state index contributed by atoms with van der Waals surface area (Å²) in [5, 5.41) is 13.3. The van der Waals surface area contributed by atoms with Crippen LogP contribution in [-0.4, -0.2) is 5.75 Å². The lowest BCUT2D eigenvalue weighted by Gasteiger charge is -2.27. The highest BCUT2D eigenvalue weighted by Gasteiger charge is 2.20. The standard InChI is InChI=1S/C16H13ClN2S/c17-13-6-5-11(8-18)15(7-13)19-16-10-20-9-12-3-1-2-4-14(12)16/h1-7,16,19H,9-10H2. The van der Waals surface area contributed by atoms with Gasteiger partial charge in [0.05, 0.1) is 17.3 Å². The van der Waals surface area contributed by atoms with Crippen molar-refractivity contribution in [3.05, 3.63) is 64.2 Å². The first-order valence-corrected chi connectivity index (χ1v) is 7.93. The van der Waals surface area contributed by atoms with E-state index in [1.165, 1.54) is 11.1 Å². The lowest BCUT2D eigenvalue weighted by atomic mass is 10.0. The largest absolute Gasteiger partial charge is 0.376 e. The number of rotatable bonds is 2. The molecular formula is C16H13ClN2S. The fourth-order valence-electron chi connectivity index (χ4n) is 2.42. The molecule has 2 nitrogen and oxygen atoms in total. The van der Waals surface area contributed by atoms with Crippen LogP contribution in [0, 0.1) is 11.3 Å². The van der Waals surface area contributed by atoms with Gasteiger partial charge in [-0.3, -0.25) is 0 Å². The Labute approximate surface area is 127 Å². The fourth-order valence-corrected chi connectivity index (χ4v) is 3.69. The zero-order valence-electron chi connectivity index (χ0n) is 10.8. The van der Waals surface area contributed by atoms with Gasteiger partial charge in [-0.2, -0.15) is 17.0 Å². The monoisotopic (exact) mass is 300 g/mol. The Balaban J connectivity index is 1.93. The van der Waals surface area contributed by atoms with E-state index in [9.17, 15) is 5.26 Å². The minimum atomic E-state index is 0.218. The fraction of sp³-hybridized carbons (Fsp3) is 0.188. The molecule has 1 aliphatic heterocycles. The van der Waals surface area contributed by atoms with Crippen molar-refractivity contribution in [2.24, 2.45) is 0 Å². The number of nitrogens with one attached hydrogen (secondary N) is 1. The van der Waals surface area contributed by atoms with Crippen molar-refractivity contribution in [2.45, 2.75) is 11.8 Å². The number of benzene rings is 2. The van der Waals surface area contributed by atoms with Crippen molar-refractivity contribution in [1.29, 1.82) is 5.26 Å². The van der Waals surface area contributed by atoms with E-state index in [0.29, 0.717) is 10.6 Å². The Morgan fingerprint density at radius 1 is 1.25 bits per heavy atom. The summed E-state index contributed by atoms with van der Waals surface area (Å²) in [4.78, 5) is 0. The third-order valence-corrected chi connectivity index (χ3v) is 4.72. The molecule has 1 heterocycles. The summed E-state index contributed by atoms with van der Waals surface area (Å²) < 4.78 is 0. The molecule has 2 aromatic rings. The molecule has 0 radical (unpaired) electrons. The highest BCUT2D eigenvalue weighted by atomic mass is 35.5. The van der Waals surface area contributed by atoms with Crippen molar-refractivity contribution in [2.75, 3.05) is 11.1 Å². The van der Waals surface area contributed by atoms with Crippen LogP contribution in [0.5, 0.6) is 0 Å². The highest BCUT2D eigenvalue weighted by Crippen LogP contribution is 2.34. The van der Waals surface area contributed by atoms with Gasteiger partial charge in [0.15, 0.2) is 0 Å². The molecule has 0 amide bonds. The van der Waals surface area contributed by atoms with Crippen LogP contribution in [-0.2, 0) is 5.75 Å². The van der Waals surface area contributed by atoms with Crippen LogP contribution in [0.2, 0.25) is 5.02 Å². The van der Waals surface area contributed by atoms with Crippen LogP contribution in [0.1, 0.15) is 22.7 Å². The topological polar surface area (TPSA) is 35.8 Å². The van der Waals surface area contributed by atoms with Gasteiger partial charge < -0.3 is 5.32 Å². The number of hydrogen-bond acceptors (Lipinski definition) is 3. The maximum atomic E-state index is 9.20. The van der Waals surface area contributed by atoms with E-state index < -0.39 is 0 Å². The van der Waals surface area contributed by atoms with Crippen molar-refractivity contribution in [3.8, 4) is 6.07 Å². The normalized spacial score (nSPS) is 17.1. The predicted molar refractivity (Wildman–Crippen MR) is 85.1 cm³/mol. The lowest BCUT2D eigenvalue weighted by Crippen LogP contribution is -2.19. The Morgan fingerprint density at radius 2 is 2.10 bits per heavy atom. The number of nitriles is 1. The highest BCUT2D eigenvalue weighted by molar-refractivity contribution is 7.98. The third-order valence-electron chi connectivity index (χ3n) is 3.40. The van der Waals surface area contributed by atoms with Crippen LogP contribution in [0.3, 0.4) is 0 Å². The van der Waals surface area contributed by atoms with Crippen LogP contribution in [0.15, 0.2) is 42.5 Å². The second-order valence-corrected chi connectivity index (χ2v) is 6.18. The van der Waals surface area contributed by atoms with Gasteiger partial charge in [0.1, 0.15) is 6.07 Å². The zero-order valence-corrected chi connectivity index (χ0v) is 12.3. The van der Waals surface area contributed by atoms with Crippen LogP contribution in [0.25, 0.3) is 0 Å². The second-order valence-electron chi connectivity index (χ2n) is 4.71. The summed E-state index contributed by atoms with van der Waals surface area (Å²) in [5.41, 5.74) is 4.11. The Bertz CT molecular complexity index is 678. The zero-order chi connectivity index (χ0) is 13.9. The molecule has 0 aromatic heterocycles. The number of nitrogens with zero attached hydrogens (tertiary/aromatic N) is 1. The summed E-state index contributed by atoms with van der Waals surface area (Å²) in [5.74, 6) is 2.05. The molecule has 0 spiro atoms. The minimum absolute atomic E-state index is 0.218. The van der Waals surface area contributed by atoms with Gasteiger partial charge in [-0.15, -0.1) is 0 Å². The molecule has 0 aliphatic carbocycles. The molecule has 0 fully saturated rings. The molecule has 0 bridgehead atoms. The first-order chi connectivity index (χ1) is 9.78. The first kappa shape index (κ1) is 13.4. The van der Waals surface area contributed by atoms with Gasteiger partial charge >= 0.3 is 0 Å². The Hall–Kier alpha value is -1.63. The van der Waals surface area contributed by atoms with E-state index in [4.69, 9.17) is 11.6 Å². The molecule has 3 rings (SSSR count). The number of halogens is 1. The summed E-state index contributed by atoms with van der Waals surface area (Å²) >= 11 is 7.94. The third kappa shape index (κ3) is 2.63. The van der Waals surface area contributed by atoms with E-state index in [1.807, 2.05) is 17.8 Å². The molecule has 100 valence electrons. The van der Waals surface area contributed by atoms with Crippen LogP contribution < -0.4 is 5.32 Å². The Kier molecular flexibility index (Phi) is 3.86. The smallest absolute Gasteiger partial charge is 0.101 e. The number of hydrogen-bond donors (Lipinski definition) is 1. The van der Waals surface area contributed by atoms with Crippen LogP contribution in [0.4, 0.5) is 5.69 Å². The second kappa shape index (κ2) is 5.78. The molecule has 0 saturated heterocycles. The lowest BCUT2D eigenvalue weighted by molar-refractivity contribution is 0.870. The average molecular weight is 301 g/mol. The summed E-state index contributed by atoms with van der Waals surface area (Å²) in [7, 11) is 0. The van der Waals surface area contributed by atoms with Gasteiger partial charge in [-0.05, 0) is 29.3 Å². The van der Waals surface area contributed by atoms with Crippen molar-refractivity contribution in [3.63, 3.8) is 0 Å². The first-order valence-electron chi connectivity index (χ1n) is 6.39. The van der Waals surface area contributed by atoms with E-state index in [-0.39, 0.29) is 6.04 Å². The van der Waals surface area contributed by atoms with Crippen molar-refractivity contribution in [1.82, 2.24) is 0 Å². The Morgan fingerprint density at radius 3 is 2.95 bits per heavy atom. The van der Waals surface area contributed by atoms with Gasteiger partial charge in [0.25, 0.3) is 0 Å². The molecule has 0 saturated carbocycles. The van der Waals surface area contributed by atoms with Gasteiger partial charge in [0, 0.05) is 16.5 Å². The molecule has 1 atom stereocenters. The maximum absolute atomic E-state index is 9.20. The maximum Gasteiger partial charge on any atom is 0.101 e. The number of fused-ring (bicyclic) bond motifs is 1. The molecule has 2 aromatic carbocycles. The molecule has 1 unspecified atom stereocenters. The van der Waals surface area contributed by atoms with Crippen molar-refractivity contribution >= 4 is 29.1 Å².